The van der Waals surface area contributed by atoms with Gasteiger partial charge in [-0.1, -0.05) is 0 Å². The van der Waals surface area contributed by atoms with Crippen molar-refractivity contribution in [3.63, 3.8) is 0 Å². The van der Waals surface area contributed by atoms with Crippen LogP contribution in [-0.2, 0) is 72.5 Å². The molecule has 24 heteroatoms. The van der Waals surface area contributed by atoms with Crippen molar-refractivity contribution in [1.82, 2.24) is 0 Å². The van der Waals surface area contributed by atoms with Gasteiger partial charge >= 0.3 is 41.6 Å². The van der Waals surface area contributed by atoms with E-state index in [1.54, 1.807) is 0 Å². The van der Waals surface area contributed by atoms with Gasteiger partial charge in [-0.2, -0.15) is 33.7 Å². The van der Waals surface area contributed by atoms with Crippen LogP contribution in [0.4, 0.5) is 0 Å². The summed E-state index contributed by atoms with van der Waals surface area (Å²) in [6.45, 7) is -2.32. The lowest BCUT2D eigenvalue weighted by Gasteiger charge is -2.42. The lowest BCUT2D eigenvalue weighted by Crippen LogP contribution is -2.60. The van der Waals surface area contributed by atoms with Crippen LogP contribution in [0.1, 0.15) is 0 Å². The fourth-order valence-electron chi connectivity index (χ4n) is 2.89. The molecule has 0 aromatic rings. The molecule has 202 valence electrons. The van der Waals surface area contributed by atoms with Gasteiger partial charge < -0.3 is 19.3 Å². The first-order valence-corrected chi connectivity index (χ1v) is 13.9. The van der Waals surface area contributed by atoms with E-state index in [9.17, 15) is 38.8 Å². The largest absolute Gasteiger partial charge is 0.397 e. The SMILES string of the molecule is O=S(=O)(O)O[C@@H]1[C@@H](OS(=O)(=O)O)[C@H](O[C@@H]2COC[C@H](OS(=O)(=O)O)[C@H]2OS(=O)(=O)O)OC[C@H]1O. The number of hydrogen-bond donors (Lipinski definition) is 5. The molecule has 0 aromatic carbocycles. The maximum Gasteiger partial charge on any atom is 0.397 e. The van der Waals surface area contributed by atoms with E-state index in [4.69, 9.17) is 32.4 Å². The third kappa shape index (κ3) is 9.76. The highest BCUT2D eigenvalue weighted by molar-refractivity contribution is 7.81. The molecule has 0 bridgehead atoms. The molecule has 2 aliphatic heterocycles. The second kappa shape index (κ2) is 10.7. The molecule has 0 aromatic heterocycles. The molecule has 0 radical (unpaired) electrons. The molecule has 0 aliphatic carbocycles. The normalized spacial score (nSPS) is 34.1. The minimum absolute atomic E-state index is 0.698. The molecule has 20 nitrogen and oxygen atoms in total. The second-order valence-electron chi connectivity index (χ2n) is 6.51. The first kappa shape index (κ1) is 29.5. The summed E-state index contributed by atoms with van der Waals surface area (Å²) >= 11 is 0. The van der Waals surface area contributed by atoms with Crippen molar-refractivity contribution in [3.8, 4) is 0 Å². The summed E-state index contributed by atoms with van der Waals surface area (Å²) in [6, 6.07) is 0. The fraction of sp³-hybridized carbons (Fsp3) is 1.00. The zero-order chi connectivity index (χ0) is 26.1. The minimum atomic E-state index is -5.45. The highest BCUT2D eigenvalue weighted by atomic mass is 32.3. The molecule has 2 rings (SSSR count). The van der Waals surface area contributed by atoms with Crippen LogP contribution in [-0.4, -0.2) is 120 Å². The zero-order valence-corrected chi connectivity index (χ0v) is 19.4. The Bertz CT molecular complexity index is 1130. The van der Waals surface area contributed by atoms with Crippen LogP contribution in [0.3, 0.4) is 0 Å². The van der Waals surface area contributed by atoms with Gasteiger partial charge in [0.05, 0.1) is 19.8 Å². The predicted molar refractivity (Wildman–Crippen MR) is 97.1 cm³/mol. The maximum absolute atomic E-state index is 11.2. The Morgan fingerprint density at radius 2 is 1.03 bits per heavy atom. The zero-order valence-electron chi connectivity index (χ0n) is 16.2. The Labute approximate surface area is 192 Å². The van der Waals surface area contributed by atoms with Crippen LogP contribution in [0.15, 0.2) is 0 Å². The molecule has 7 atom stereocenters. The van der Waals surface area contributed by atoms with Gasteiger partial charge in [-0.15, -0.1) is 0 Å². The topological polar surface area (TPSA) is 302 Å². The summed E-state index contributed by atoms with van der Waals surface area (Å²) in [4.78, 5) is 0. The molecule has 34 heavy (non-hydrogen) atoms. The molecule has 2 aliphatic rings. The number of aliphatic hydroxyl groups excluding tert-OH is 1. The first-order chi connectivity index (χ1) is 15.2. The summed E-state index contributed by atoms with van der Waals surface area (Å²) in [5.41, 5.74) is 0. The third-order valence-electron chi connectivity index (χ3n) is 3.95. The van der Waals surface area contributed by atoms with E-state index in [-0.39, 0.29) is 0 Å². The molecular weight excluding hydrogens is 568 g/mol. The summed E-state index contributed by atoms with van der Waals surface area (Å²) < 4.78 is 157. The van der Waals surface area contributed by atoms with Crippen LogP contribution in [0.5, 0.6) is 0 Å². The summed E-state index contributed by atoms with van der Waals surface area (Å²) in [5, 5.41) is 9.88. The van der Waals surface area contributed by atoms with Crippen molar-refractivity contribution in [2.45, 2.75) is 42.9 Å². The van der Waals surface area contributed by atoms with Crippen LogP contribution in [0.25, 0.3) is 0 Å². The molecular formula is C10H18O20S4. The highest BCUT2D eigenvalue weighted by Gasteiger charge is 2.50. The van der Waals surface area contributed by atoms with E-state index in [1.165, 1.54) is 0 Å². The predicted octanol–water partition coefficient (Wildman–Crippen LogP) is -4.13. The Morgan fingerprint density at radius 1 is 0.588 bits per heavy atom. The van der Waals surface area contributed by atoms with Crippen molar-refractivity contribution < 1.29 is 87.9 Å². The van der Waals surface area contributed by atoms with Crippen molar-refractivity contribution in [2.75, 3.05) is 19.8 Å². The van der Waals surface area contributed by atoms with E-state index in [0.717, 1.165) is 0 Å². The number of aliphatic hydroxyl groups is 1. The second-order valence-corrected chi connectivity index (χ2v) is 10.7. The standard InChI is InChI=1S/C10H18O20S4/c11-4-1-25-10(9(30-34(21,22)23)7(4)28-32(15,16)17)26-5-2-24-3-6(27-31(12,13)14)8(5)29-33(18,19)20/h4-11H,1-3H2,(H,12,13,14)(H,15,16,17)(H,18,19,20)(H,21,22,23)/t4-,5-,6+,7+,8+,9-,10+/m1/s1. The smallest absolute Gasteiger partial charge is 0.388 e. The lowest BCUT2D eigenvalue weighted by atomic mass is 10.0. The van der Waals surface area contributed by atoms with Crippen molar-refractivity contribution in [2.24, 2.45) is 0 Å². The van der Waals surface area contributed by atoms with Crippen molar-refractivity contribution in [1.29, 1.82) is 0 Å². The molecule has 0 amide bonds. The minimum Gasteiger partial charge on any atom is -0.388 e. The summed E-state index contributed by atoms with van der Waals surface area (Å²) in [7, 11) is -21.4. The molecule has 0 spiro atoms. The Morgan fingerprint density at radius 3 is 1.53 bits per heavy atom. The van der Waals surface area contributed by atoms with Gasteiger partial charge in [-0.3, -0.25) is 18.2 Å². The summed E-state index contributed by atoms with van der Waals surface area (Å²) in [6.07, 6.45) is -14.9. The highest BCUT2D eigenvalue weighted by Crippen LogP contribution is 2.29. The Balaban J connectivity index is 2.39. The third-order valence-corrected chi connectivity index (χ3v) is 5.84. The van der Waals surface area contributed by atoms with Crippen LogP contribution >= 0.6 is 0 Å². The molecule has 2 fully saturated rings. The molecule has 5 N–H and O–H groups in total. The van der Waals surface area contributed by atoms with E-state index < -0.39 is 104 Å². The van der Waals surface area contributed by atoms with E-state index in [2.05, 4.69) is 16.7 Å². The Kier molecular flexibility index (Phi) is 9.34. The average Bonchev–Trinajstić information content (AvgIpc) is 2.58. The van der Waals surface area contributed by atoms with E-state index >= 15 is 0 Å². The van der Waals surface area contributed by atoms with E-state index in [1.807, 2.05) is 0 Å². The maximum atomic E-state index is 11.2. The van der Waals surface area contributed by atoms with Gasteiger partial charge in [0.25, 0.3) is 0 Å². The molecule has 2 heterocycles. The van der Waals surface area contributed by atoms with E-state index in [0.29, 0.717) is 0 Å². The molecule has 0 unspecified atom stereocenters. The number of rotatable bonds is 10. The number of hydrogen-bond acceptors (Lipinski definition) is 16. The first-order valence-electron chi connectivity index (χ1n) is 8.40. The monoisotopic (exact) mass is 586 g/mol. The van der Waals surface area contributed by atoms with Crippen LogP contribution in [0.2, 0.25) is 0 Å². The summed E-state index contributed by atoms with van der Waals surface area (Å²) in [5.74, 6) is 0. The van der Waals surface area contributed by atoms with Gasteiger partial charge in [-0.25, -0.2) is 16.7 Å². The number of ether oxygens (including phenoxy) is 3. The average molecular weight is 587 g/mol. The van der Waals surface area contributed by atoms with Gasteiger partial charge in [0.1, 0.15) is 30.5 Å². The lowest BCUT2D eigenvalue weighted by molar-refractivity contribution is -0.294. The van der Waals surface area contributed by atoms with Gasteiger partial charge in [0.15, 0.2) is 12.4 Å². The fourth-order valence-corrected chi connectivity index (χ4v) is 4.90. The van der Waals surface area contributed by atoms with Crippen LogP contribution in [0, 0.1) is 0 Å². The van der Waals surface area contributed by atoms with Crippen LogP contribution < -0.4 is 0 Å². The van der Waals surface area contributed by atoms with Crippen molar-refractivity contribution in [3.05, 3.63) is 0 Å². The van der Waals surface area contributed by atoms with Gasteiger partial charge in [0, 0.05) is 0 Å². The van der Waals surface area contributed by atoms with Gasteiger partial charge in [-0.05, 0) is 0 Å². The molecule has 0 saturated carbocycles. The van der Waals surface area contributed by atoms with Gasteiger partial charge in [0.2, 0.25) is 0 Å². The Hall–Kier alpha value is -0.680. The quantitative estimate of drug-likeness (QED) is 0.152. The molecule has 2 saturated heterocycles. The van der Waals surface area contributed by atoms with Crippen molar-refractivity contribution >= 4 is 41.6 Å².